The summed E-state index contributed by atoms with van der Waals surface area (Å²) < 4.78 is 0.951. The molecule has 0 atom stereocenters. The second kappa shape index (κ2) is 7.15. The van der Waals surface area contributed by atoms with Crippen LogP contribution in [0.1, 0.15) is 12.8 Å². The standard InChI is InChI=1S/C14H18BrN3OS/c15-11-2-1-3-12(8-11)17-13(19)9-18-6-4-10(5-7-18)14(16)20/h1-3,8,10H,4-7,9H2,(H2,16,20)(H,17,19). The molecule has 0 unspecified atom stereocenters. The smallest absolute Gasteiger partial charge is 0.238 e. The topological polar surface area (TPSA) is 58.4 Å². The second-order valence-electron chi connectivity index (χ2n) is 5.01. The number of carbonyl (C=O) groups is 1. The Labute approximate surface area is 132 Å². The van der Waals surface area contributed by atoms with Crippen LogP contribution in [0.3, 0.4) is 0 Å². The van der Waals surface area contributed by atoms with Gasteiger partial charge in [0.15, 0.2) is 0 Å². The molecule has 20 heavy (non-hydrogen) atoms. The molecule has 108 valence electrons. The number of hydrogen-bond donors (Lipinski definition) is 2. The number of nitrogens with one attached hydrogen (secondary N) is 1. The summed E-state index contributed by atoms with van der Waals surface area (Å²) >= 11 is 8.40. The Kier molecular flexibility index (Phi) is 5.51. The van der Waals surface area contributed by atoms with E-state index in [0.717, 1.165) is 36.1 Å². The number of anilines is 1. The number of nitrogens with two attached hydrogens (primary N) is 1. The summed E-state index contributed by atoms with van der Waals surface area (Å²) in [5, 5.41) is 2.90. The first-order valence-corrected chi connectivity index (χ1v) is 7.82. The lowest BCUT2D eigenvalue weighted by Crippen LogP contribution is -2.41. The van der Waals surface area contributed by atoms with Crippen molar-refractivity contribution in [3.05, 3.63) is 28.7 Å². The summed E-state index contributed by atoms with van der Waals surface area (Å²) in [5.74, 6) is 0.339. The molecule has 1 saturated heterocycles. The van der Waals surface area contributed by atoms with E-state index in [1.165, 1.54) is 0 Å². The molecule has 1 aliphatic rings. The van der Waals surface area contributed by atoms with E-state index in [1.54, 1.807) is 0 Å². The summed E-state index contributed by atoms with van der Waals surface area (Å²) in [4.78, 5) is 14.7. The zero-order valence-corrected chi connectivity index (χ0v) is 13.5. The normalized spacial score (nSPS) is 16.9. The highest BCUT2D eigenvalue weighted by Crippen LogP contribution is 2.18. The van der Waals surface area contributed by atoms with Crippen LogP contribution in [-0.2, 0) is 4.79 Å². The van der Waals surface area contributed by atoms with E-state index in [2.05, 4.69) is 26.1 Å². The van der Waals surface area contributed by atoms with Gasteiger partial charge >= 0.3 is 0 Å². The van der Waals surface area contributed by atoms with Crippen LogP contribution in [0.4, 0.5) is 5.69 Å². The van der Waals surface area contributed by atoms with E-state index >= 15 is 0 Å². The molecule has 1 fully saturated rings. The largest absolute Gasteiger partial charge is 0.393 e. The van der Waals surface area contributed by atoms with Crippen molar-refractivity contribution in [2.75, 3.05) is 25.0 Å². The summed E-state index contributed by atoms with van der Waals surface area (Å²) in [6.07, 6.45) is 1.89. The number of hydrogen-bond acceptors (Lipinski definition) is 3. The van der Waals surface area contributed by atoms with E-state index in [-0.39, 0.29) is 5.91 Å². The van der Waals surface area contributed by atoms with Gasteiger partial charge in [-0.25, -0.2) is 0 Å². The molecule has 1 amide bonds. The lowest BCUT2D eigenvalue weighted by Gasteiger charge is -2.30. The Morgan fingerprint density at radius 1 is 1.45 bits per heavy atom. The van der Waals surface area contributed by atoms with Crippen molar-refractivity contribution < 1.29 is 4.79 Å². The third-order valence-electron chi connectivity index (χ3n) is 3.47. The van der Waals surface area contributed by atoms with Crippen molar-refractivity contribution in [3.63, 3.8) is 0 Å². The molecule has 1 aromatic rings. The molecule has 6 heteroatoms. The minimum Gasteiger partial charge on any atom is -0.393 e. The highest BCUT2D eigenvalue weighted by molar-refractivity contribution is 9.10. The molecule has 0 spiro atoms. The van der Waals surface area contributed by atoms with E-state index in [0.29, 0.717) is 17.5 Å². The number of benzene rings is 1. The van der Waals surface area contributed by atoms with Crippen LogP contribution in [0.5, 0.6) is 0 Å². The fourth-order valence-corrected chi connectivity index (χ4v) is 2.98. The van der Waals surface area contributed by atoms with Crippen molar-refractivity contribution in [2.24, 2.45) is 11.7 Å². The molecule has 0 saturated carbocycles. The zero-order chi connectivity index (χ0) is 14.5. The fraction of sp³-hybridized carbons (Fsp3) is 0.429. The first-order chi connectivity index (χ1) is 9.54. The first kappa shape index (κ1) is 15.4. The molecule has 3 N–H and O–H groups in total. The van der Waals surface area contributed by atoms with Crippen molar-refractivity contribution in [2.45, 2.75) is 12.8 Å². The van der Waals surface area contributed by atoms with E-state index in [9.17, 15) is 4.79 Å². The van der Waals surface area contributed by atoms with Crippen molar-refractivity contribution in [3.8, 4) is 0 Å². The van der Waals surface area contributed by atoms with Gasteiger partial charge < -0.3 is 11.1 Å². The minimum absolute atomic E-state index is 0.0110. The predicted molar refractivity (Wildman–Crippen MR) is 88.7 cm³/mol. The fourth-order valence-electron chi connectivity index (χ4n) is 2.35. The third-order valence-corrected chi connectivity index (χ3v) is 4.29. The van der Waals surface area contributed by atoms with Gasteiger partial charge in [0, 0.05) is 16.1 Å². The molecule has 0 radical (unpaired) electrons. The number of halogens is 1. The van der Waals surface area contributed by atoms with Gasteiger partial charge in [0.05, 0.1) is 11.5 Å². The summed E-state index contributed by atoms with van der Waals surface area (Å²) in [7, 11) is 0. The lowest BCUT2D eigenvalue weighted by molar-refractivity contribution is -0.117. The maximum Gasteiger partial charge on any atom is 0.238 e. The molecule has 1 aromatic carbocycles. The van der Waals surface area contributed by atoms with Crippen LogP contribution in [0.25, 0.3) is 0 Å². The Bertz CT molecular complexity index is 501. The average molecular weight is 356 g/mol. The summed E-state index contributed by atoms with van der Waals surface area (Å²) in [6, 6.07) is 7.59. The zero-order valence-electron chi connectivity index (χ0n) is 11.1. The molecule has 0 bridgehead atoms. The van der Waals surface area contributed by atoms with Crippen molar-refractivity contribution >= 4 is 44.7 Å². The molecule has 1 heterocycles. The SMILES string of the molecule is NC(=S)C1CCN(CC(=O)Nc2cccc(Br)c2)CC1. The van der Waals surface area contributed by atoms with Crippen molar-refractivity contribution in [1.82, 2.24) is 4.90 Å². The number of nitrogens with zero attached hydrogens (tertiary/aromatic N) is 1. The Morgan fingerprint density at radius 3 is 2.75 bits per heavy atom. The maximum absolute atomic E-state index is 12.0. The van der Waals surface area contributed by atoms with E-state index < -0.39 is 0 Å². The Hall–Kier alpha value is -0.980. The molecule has 1 aliphatic heterocycles. The van der Waals surface area contributed by atoms with Gasteiger partial charge in [-0.15, -0.1) is 0 Å². The number of carbonyl (C=O) groups excluding carboxylic acids is 1. The van der Waals surface area contributed by atoms with Crippen LogP contribution < -0.4 is 11.1 Å². The van der Waals surface area contributed by atoms with Gasteiger partial charge in [0.1, 0.15) is 0 Å². The average Bonchev–Trinajstić information content (AvgIpc) is 2.39. The van der Waals surface area contributed by atoms with Crippen LogP contribution in [0.15, 0.2) is 28.7 Å². The predicted octanol–water partition coefficient (Wildman–Crippen LogP) is 2.39. The molecule has 4 nitrogen and oxygen atoms in total. The molecule has 0 aliphatic carbocycles. The Balaban J connectivity index is 1.80. The number of rotatable bonds is 4. The molecule has 0 aromatic heterocycles. The minimum atomic E-state index is 0.0110. The van der Waals surface area contributed by atoms with Gasteiger partial charge in [-0.3, -0.25) is 9.69 Å². The van der Waals surface area contributed by atoms with Gasteiger partial charge in [0.2, 0.25) is 5.91 Å². The second-order valence-corrected chi connectivity index (χ2v) is 6.40. The maximum atomic E-state index is 12.0. The van der Waals surface area contributed by atoms with Crippen LogP contribution in [0.2, 0.25) is 0 Å². The Morgan fingerprint density at radius 2 is 2.15 bits per heavy atom. The van der Waals surface area contributed by atoms with E-state index in [4.69, 9.17) is 18.0 Å². The molecule has 2 rings (SSSR count). The van der Waals surface area contributed by atoms with Gasteiger partial charge in [-0.05, 0) is 44.1 Å². The highest BCUT2D eigenvalue weighted by Gasteiger charge is 2.22. The van der Waals surface area contributed by atoms with Gasteiger partial charge in [0.25, 0.3) is 0 Å². The summed E-state index contributed by atoms with van der Waals surface area (Å²) in [6.45, 7) is 2.15. The number of likely N-dealkylation sites (tertiary alicyclic amines) is 1. The van der Waals surface area contributed by atoms with Gasteiger partial charge in [-0.2, -0.15) is 0 Å². The van der Waals surface area contributed by atoms with Crippen molar-refractivity contribution in [1.29, 1.82) is 0 Å². The van der Waals surface area contributed by atoms with E-state index in [1.807, 2.05) is 24.3 Å². The third kappa shape index (κ3) is 4.54. The van der Waals surface area contributed by atoms with Crippen LogP contribution >= 0.6 is 28.1 Å². The molecular formula is C14H18BrN3OS. The lowest BCUT2D eigenvalue weighted by atomic mass is 9.97. The van der Waals surface area contributed by atoms with Crippen LogP contribution in [-0.4, -0.2) is 35.4 Å². The van der Waals surface area contributed by atoms with Crippen LogP contribution in [0, 0.1) is 5.92 Å². The van der Waals surface area contributed by atoms with Gasteiger partial charge in [-0.1, -0.05) is 34.2 Å². The first-order valence-electron chi connectivity index (χ1n) is 6.61. The number of amides is 1. The molecular weight excluding hydrogens is 338 g/mol. The number of thiocarbonyl (C=S) groups is 1. The highest BCUT2D eigenvalue weighted by atomic mass is 79.9. The quantitative estimate of drug-likeness (QED) is 0.814. The monoisotopic (exact) mass is 355 g/mol. The number of piperidine rings is 1. The summed E-state index contributed by atoms with van der Waals surface area (Å²) in [5.41, 5.74) is 6.47.